The van der Waals surface area contributed by atoms with Crippen LogP contribution in [0.15, 0.2) is 30.6 Å². The summed E-state index contributed by atoms with van der Waals surface area (Å²) in [5.41, 5.74) is 7.61. The van der Waals surface area contributed by atoms with Gasteiger partial charge in [-0.1, -0.05) is 12.1 Å². The van der Waals surface area contributed by atoms with E-state index in [1.807, 2.05) is 31.2 Å². The molecule has 2 N–H and O–H groups in total. The molecular formula is C12H14N4O2. The van der Waals surface area contributed by atoms with Gasteiger partial charge in [0.1, 0.15) is 6.33 Å². The first-order valence-electron chi connectivity index (χ1n) is 5.47. The Labute approximate surface area is 104 Å². The highest BCUT2D eigenvalue weighted by Gasteiger charge is 2.11. The Kier molecular flexibility index (Phi) is 3.38. The van der Waals surface area contributed by atoms with Crippen LogP contribution in [0.3, 0.4) is 0 Å². The van der Waals surface area contributed by atoms with E-state index in [1.165, 1.54) is 18.1 Å². The number of nitrogens with zero attached hydrogens (tertiary/aromatic N) is 3. The summed E-state index contributed by atoms with van der Waals surface area (Å²) in [4.78, 5) is 15.1. The van der Waals surface area contributed by atoms with Gasteiger partial charge < -0.3 is 10.5 Å². The molecule has 0 aliphatic carbocycles. The number of esters is 1. The molecule has 1 heterocycles. The molecule has 0 radical (unpaired) electrons. The lowest BCUT2D eigenvalue weighted by atomic mass is 10.1. The first-order chi connectivity index (χ1) is 8.61. The summed E-state index contributed by atoms with van der Waals surface area (Å²) < 4.78 is 6.05. The van der Waals surface area contributed by atoms with E-state index in [4.69, 9.17) is 5.73 Å². The monoisotopic (exact) mass is 246 g/mol. The average Bonchev–Trinajstić information content (AvgIpc) is 2.87. The van der Waals surface area contributed by atoms with Crippen LogP contribution in [0, 0.1) is 0 Å². The van der Waals surface area contributed by atoms with Crippen molar-refractivity contribution < 1.29 is 9.53 Å². The van der Waals surface area contributed by atoms with Crippen molar-refractivity contribution in [1.29, 1.82) is 0 Å². The zero-order valence-electron chi connectivity index (χ0n) is 10.2. The summed E-state index contributed by atoms with van der Waals surface area (Å²) in [6, 6.07) is 7.56. The maximum Gasteiger partial charge on any atom is 0.377 e. The Morgan fingerprint density at radius 2 is 2.06 bits per heavy atom. The lowest BCUT2D eigenvalue weighted by molar-refractivity contribution is 0.0587. The molecule has 0 aliphatic heterocycles. The quantitative estimate of drug-likeness (QED) is 0.819. The molecular weight excluding hydrogens is 232 g/mol. The van der Waals surface area contributed by atoms with Crippen LogP contribution in [0.1, 0.15) is 29.1 Å². The maximum atomic E-state index is 11.2. The van der Waals surface area contributed by atoms with E-state index in [0.29, 0.717) is 0 Å². The topological polar surface area (TPSA) is 83.0 Å². The third kappa shape index (κ3) is 2.38. The summed E-state index contributed by atoms with van der Waals surface area (Å²) in [5.74, 6) is -0.519. The van der Waals surface area contributed by atoms with Gasteiger partial charge in [0.15, 0.2) is 0 Å². The molecule has 18 heavy (non-hydrogen) atoms. The Balaban J connectivity index is 2.26. The molecule has 6 nitrogen and oxygen atoms in total. The third-order valence-electron chi connectivity index (χ3n) is 2.54. The molecule has 6 heteroatoms. The summed E-state index contributed by atoms with van der Waals surface area (Å²) in [6.07, 6.45) is 1.47. The number of ether oxygens (including phenoxy) is 1. The second kappa shape index (κ2) is 4.97. The molecule has 0 amide bonds. The Morgan fingerprint density at radius 3 is 2.61 bits per heavy atom. The van der Waals surface area contributed by atoms with Crippen molar-refractivity contribution in [2.45, 2.75) is 13.0 Å². The van der Waals surface area contributed by atoms with Gasteiger partial charge in [-0.05, 0) is 24.6 Å². The van der Waals surface area contributed by atoms with Crippen LogP contribution in [0.5, 0.6) is 0 Å². The number of nitrogens with two attached hydrogens (primary N) is 1. The fourth-order valence-corrected chi connectivity index (χ4v) is 1.50. The summed E-state index contributed by atoms with van der Waals surface area (Å²) >= 11 is 0. The predicted molar refractivity (Wildman–Crippen MR) is 65.3 cm³/mol. The van der Waals surface area contributed by atoms with Crippen molar-refractivity contribution in [3.63, 3.8) is 0 Å². The number of benzene rings is 1. The average molecular weight is 246 g/mol. The smallest absolute Gasteiger partial charge is 0.377 e. The van der Waals surface area contributed by atoms with Crippen LogP contribution in [0.4, 0.5) is 0 Å². The van der Waals surface area contributed by atoms with Crippen molar-refractivity contribution >= 4 is 5.97 Å². The largest absolute Gasteiger partial charge is 0.463 e. The van der Waals surface area contributed by atoms with Crippen LogP contribution in [0.2, 0.25) is 0 Å². The van der Waals surface area contributed by atoms with Gasteiger partial charge in [-0.15, -0.1) is 5.10 Å². The number of carbonyl (C=O) groups excluding carboxylic acids is 1. The van der Waals surface area contributed by atoms with Crippen LogP contribution >= 0.6 is 0 Å². The van der Waals surface area contributed by atoms with E-state index in [1.54, 1.807) is 0 Å². The van der Waals surface area contributed by atoms with E-state index >= 15 is 0 Å². The molecule has 2 aromatic rings. The Morgan fingerprint density at radius 1 is 1.39 bits per heavy atom. The van der Waals surface area contributed by atoms with E-state index in [2.05, 4.69) is 14.8 Å². The molecule has 1 aromatic carbocycles. The predicted octanol–water partition coefficient (Wildman–Crippen LogP) is 1.07. The van der Waals surface area contributed by atoms with Gasteiger partial charge in [0.2, 0.25) is 0 Å². The molecule has 0 saturated heterocycles. The van der Waals surface area contributed by atoms with Crippen molar-refractivity contribution in [3.8, 4) is 5.69 Å². The minimum absolute atomic E-state index is 0.0135. The van der Waals surface area contributed by atoms with Crippen molar-refractivity contribution in [2.75, 3.05) is 7.11 Å². The highest BCUT2D eigenvalue weighted by atomic mass is 16.5. The zero-order chi connectivity index (χ0) is 13.1. The summed E-state index contributed by atoms with van der Waals surface area (Å²) in [7, 11) is 1.29. The lowest BCUT2D eigenvalue weighted by Crippen LogP contribution is -2.06. The van der Waals surface area contributed by atoms with Gasteiger partial charge in [-0.25, -0.2) is 14.5 Å². The fourth-order valence-electron chi connectivity index (χ4n) is 1.50. The first kappa shape index (κ1) is 12.3. The number of methoxy groups -OCH3 is 1. The number of carbonyl (C=O) groups is 1. The molecule has 1 atom stereocenters. The second-order valence-electron chi connectivity index (χ2n) is 3.88. The number of hydrogen-bond donors (Lipinski definition) is 1. The molecule has 0 fully saturated rings. The second-order valence-corrected chi connectivity index (χ2v) is 3.88. The SMILES string of the molecule is COC(=O)c1ncn(-c2ccc(C(C)N)cc2)n1. The van der Waals surface area contributed by atoms with E-state index in [-0.39, 0.29) is 11.9 Å². The van der Waals surface area contributed by atoms with Crippen LogP contribution in [-0.2, 0) is 4.74 Å². The van der Waals surface area contributed by atoms with Gasteiger partial charge in [0.25, 0.3) is 5.82 Å². The third-order valence-corrected chi connectivity index (χ3v) is 2.54. The van der Waals surface area contributed by atoms with E-state index in [0.717, 1.165) is 11.3 Å². The number of aromatic nitrogens is 3. The van der Waals surface area contributed by atoms with Gasteiger partial charge in [-0.2, -0.15) is 0 Å². The molecule has 0 spiro atoms. The normalized spacial score (nSPS) is 12.2. The maximum absolute atomic E-state index is 11.2. The summed E-state index contributed by atoms with van der Waals surface area (Å²) in [5, 5.41) is 4.03. The van der Waals surface area contributed by atoms with Gasteiger partial charge in [0.05, 0.1) is 12.8 Å². The summed E-state index contributed by atoms with van der Waals surface area (Å²) in [6.45, 7) is 1.92. The molecule has 0 saturated carbocycles. The Hall–Kier alpha value is -2.21. The molecule has 94 valence electrons. The van der Waals surface area contributed by atoms with Crippen LogP contribution in [-0.4, -0.2) is 27.8 Å². The molecule has 2 rings (SSSR count). The highest BCUT2D eigenvalue weighted by Crippen LogP contribution is 2.13. The zero-order valence-corrected chi connectivity index (χ0v) is 10.2. The standard InChI is InChI=1S/C12H14N4O2/c1-8(13)9-3-5-10(6-4-9)16-7-14-11(15-16)12(17)18-2/h3-8H,13H2,1-2H3. The Bertz CT molecular complexity index is 545. The number of rotatable bonds is 3. The minimum atomic E-state index is -0.555. The van der Waals surface area contributed by atoms with Crippen molar-refractivity contribution in [3.05, 3.63) is 42.0 Å². The molecule has 0 bridgehead atoms. The van der Waals surface area contributed by atoms with Crippen LogP contribution < -0.4 is 5.73 Å². The van der Waals surface area contributed by atoms with E-state index < -0.39 is 5.97 Å². The van der Waals surface area contributed by atoms with Crippen LogP contribution in [0.25, 0.3) is 5.69 Å². The van der Waals surface area contributed by atoms with E-state index in [9.17, 15) is 4.79 Å². The highest BCUT2D eigenvalue weighted by molar-refractivity contribution is 5.84. The molecule has 0 aliphatic rings. The first-order valence-corrected chi connectivity index (χ1v) is 5.47. The van der Waals surface area contributed by atoms with Crippen molar-refractivity contribution in [2.24, 2.45) is 5.73 Å². The van der Waals surface area contributed by atoms with Gasteiger partial charge in [-0.3, -0.25) is 0 Å². The fraction of sp³-hybridized carbons (Fsp3) is 0.250. The molecule has 1 aromatic heterocycles. The number of hydrogen-bond acceptors (Lipinski definition) is 5. The molecule has 1 unspecified atom stereocenters. The lowest BCUT2D eigenvalue weighted by Gasteiger charge is -2.06. The van der Waals surface area contributed by atoms with Gasteiger partial charge >= 0.3 is 5.97 Å². The van der Waals surface area contributed by atoms with Crippen molar-refractivity contribution in [1.82, 2.24) is 14.8 Å². The van der Waals surface area contributed by atoms with Gasteiger partial charge in [0, 0.05) is 6.04 Å². The minimum Gasteiger partial charge on any atom is -0.463 e.